The normalized spacial score (nSPS) is 10.4. The predicted octanol–water partition coefficient (Wildman–Crippen LogP) is 4.46. The van der Waals surface area contributed by atoms with E-state index in [9.17, 15) is 4.79 Å². The molecule has 2 aromatic heterocycles. The molecular weight excluding hydrogens is 304 g/mol. The van der Waals surface area contributed by atoms with E-state index < -0.39 is 0 Å². The van der Waals surface area contributed by atoms with E-state index in [4.69, 9.17) is 11.6 Å². The summed E-state index contributed by atoms with van der Waals surface area (Å²) in [5.41, 5.74) is 0.723. The van der Waals surface area contributed by atoms with Gasteiger partial charge < -0.3 is 0 Å². The minimum atomic E-state index is 0.0313. The fraction of sp³-hybridized carbons (Fsp3) is 0. The van der Waals surface area contributed by atoms with Gasteiger partial charge in [-0.1, -0.05) is 11.6 Å². The van der Waals surface area contributed by atoms with E-state index >= 15 is 0 Å². The van der Waals surface area contributed by atoms with Crippen LogP contribution in [-0.4, -0.2) is 5.78 Å². The standard InChI is InChI=1S/C9H4BrClOS2/c10-9-6(11)3-7(14-9)8(12)5-1-2-13-4-5/h1-4H. The lowest BCUT2D eigenvalue weighted by atomic mass is 10.2. The zero-order chi connectivity index (χ0) is 10.1. The molecule has 0 N–H and O–H groups in total. The lowest BCUT2D eigenvalue weighted by molar-refractivity contribution is 0.104. The van der Waals surface area contributed by atoms with Crippen molar-refractivity contribution in [2.24, 2.45) is 0 Å². The topological polar surface area (TPSA) is 17.1 Å². The van der Waals surface area contributed by atoms with Crippen molar-refractivity contribution in [3.8, 4) is 0 Å². The smallest absolute Gasteiger partial charge is 0.203 e. The van der Waals surface area contributed by atoms with E-state index in [-0.39, 0.29) is 5.78 Å². The fourth-order valence-corrected chi connectivity index (χ4v) is 3.29. The fourth-order valence-electron chi connectivity index (χ4n) is 0.994. The van der Waals surface area contributed by atoms with Crippen molar-refractivity contribution in [3.05, 3.63) is 42.1 Å². The average Bonchev–Trinajstić information content (AvgIpc) is 2.76. The Kier molecular flexibility index (Phi) is 3.07. The third-order valence-corrected chi connectivity index (χ3v) is 4.81. The number of hydrogen-bond donors (Lipinski definition) is 0. The van der Waals surface area contributed by atoms with Gasteiger partial charge in [-0.3, -0.25) is 4.79 Å². The highest BCUT2D eigenvalue weighted by Crippen LogP contribution is 2.33. The van der Waals surface area contributed by atoms with Gasteiger partial charge in [-0.2, -0.15) is 11.3 Å². The number of carbonyl (C=O) groups excluding carboxylic acids is 1. The van der Waals surface area contributed by atoms with Crippen molar-refractivity contribution in [1.29, 1.82) is 0 Å². The summed E-state index contributed by atoms with van der Waals surface area (Å²) in [6.45, 7) is 0. The molecule has 14 heavy (non-hydrogen) atoms. The van der Waals surface area contributed by atoms with Crippen molar-refractivity contribution in [1.82, 2.24) is 0 Å². The van der Waals surface area contributed by atoms with E-state index in [1.54, 1.807) is 6.07 Å². The lowest BCUT2D eigenvalue weighted by Crippen LogP contribution is -1.94. The second-order valence-corrected chi connectivity index (χ2v) is 6.13. The molecule has 0 spiro atoms. The molecule has 5 heteroatoms. The molecule has 0 atom stereocenters. The summed E-state index contributed by atoms with van der Waals surface area (Å²) in [7, 11) is 0. The van der Waals surface area contributed by atoms with Gasteiger partial charge in [0.2, 0.25) is 5.78 Å². The molecule has 0 saturated carbocycles. The molecule has 2 rings (SSSR count). The van der Waals surface area contributed by atoms with Crippen LogP contribution in [0.4, 0.5) is 0 Å². The van der Waals surface area contributed by atoms with E-state index in [0.29, 0.717) is 9.90 Å². The summed E-state index contributed by atoms with van der Waals surface area (Å²) in [6.07, 6.45) is 0. The molecule has 2 heterocycles. The largest absolute Gasteiger partial charge is 0.288 e. The van der Waals surface area contributed by atoms with Crippen LogP contribution in [0.1, 0.15) is 15.2 Å². The Morgan fingerprint density at radius 2 is 2.29 bits per heavy atom. The minimum absolute atomic E-state index is 0.0313. The van der Waals surface area contributed by atoms with Gasteiger partial charge in [0.15, 0.2) is 0 Å². The predicted molar refractivity (Wildman–Crippen MR) is 64.8 cm³/mol. The highest BCUT2D eigenvalue weighted by molar-refractivity contribution is 9.11. The van der Waals surface area contributed by atoms with Gasteiger partial charge in [-0.25, -0.2) is 0 Å². The van der Waals surface area contributed by atoms with Crippen LogP contribution in [0.5, 0.6) is 0 Å². The molecular formula is C9H4BrClOS2. The molecule has 0 aromatic carbocycles. The molecule has 0 aliphatic carbocycles. The highest BCUT2D eigenvalue weighted by atomic mass is 79.9. The van der Waals surface area contributed by atoms with Gasteiger partial charge in [-0.15, -0.1) is 11.3 Å². The van der Waals surface area contributed by atoms with Crippen LogP contribution in [0, 0.1) is 0 Å². The van der Waals surface area contributed by atoms with E-state index in [2.05, 4.69) is 15.9 Å². The molecule has 0 radical (unpaired) electrons. The Labute approximate surface area is 102 Å². The van der Waals surface area contributed by atoms with Crippen molar-refractivity contribution < 1.29 is 4.79 Å². The molecule has 0 aliphatic rings. The Bertz CT molecular complexity index is 442. The summed E-state index contributed by atoms with van der Waals surface area (Å²) >= 11 is 12.0. The summed E-state index contributed by atoms with van der Waals surface area (Å²) in [6, 6.07) is 3.50. The average molecular weight is 308 g/mol. The molecule has 0 amide bonds. The minimum Gasteiger partial charge on any atom is -0.288 e. The molecule has 0 fully saturated rings. The van der Waals surface area contributed by atoms with Crippen LogP contribution in [0.15, 0.2) is 26.7 Å². The highest BCUT2D eigenvalue weighted by Gasteiger charge is 2.14. The maximum absolute atomic E-state index is 11.8. The lowest BCUT2D eigenvalue weighted by Gasteiger charge is -1.90. The van der Waals surface area contributed by atoms with Gasteiger partial charge in [0.25, 0.3) is 0 Å². The molecule has 2 aromatic rings. The molecule has 0 bridgehead atoms. The van der Waals surface area contributed by atoms with Crippen molar-refractivity contribution in [2.75, 3.05) is 0 Å². The summed E-state index contributed by atoms with van der Waals surface area (Å²) in [4.78, 5) is 12.5. The Hall–Kier alpha value is -0.160. The monoisotopic (exact) mass is 306 g/mol. The van der Waals surface area contributed by atoms with E-state index in [0.717, 1.165) is 9.35 Å². The van der Waals surface area contributed by atoms with Crippen LogP contribution in [0.25, 0.3) is 0 Å². The van der Waals surface area contributed by atoms with E-state index in [1.807, 2.05) is 16.8 Å². The van der Waals surface area contributed by atoms with Crippen LogP contribution < -0.4 is 0 Å². The van der Waals surface area contributed by atoms with Gasteiger partial charge >= 0.3 is 0 Å². The van der Waals surface area contributed by atoms with Crippen molar-refractivity contribution >= 4 is 56.0 Å². The van der Waals surface area contributed by atoms with Crippen LogP contribution in [-0.2, 0) is 0 Å². The van der Waals surface area contributed by atoms with Crippen molar-refractivity contribution in [3.63, 3.8) is 0 Å². The third-order valence-electron chi connectivity index (χ3n) is 1.65. The number of halogens is 2. The summed E-state index contributed by atoms with van der Waals surface area (Å²) < 4.78 is 0.803. The van der Waals surface area contributed by atoms with Crippen LogP contribution in [0.2, 0.25) is 5.02 Å². The second-order valence-electron chi connectivity index (χ2n) is 2.57. The van der Waals surface area contributed by atoms with Gasteiger partial charge in [0, 0.05) is 10.9 Å². The third kappa shape index (κ3) is 1.93. The first-order valence-electron chi connectivity index (χ1n) is 3.70. The molecule has 1 nitrogen and oxygen atoms in total. The molecule has 0 saturated heterocycles. The zero-order valence-electron chi connectivity index (χ0n) is 6.79. The van der Waals surface area contributed by atoms with Crippen LogP contribution in [0.3, 0.4) is 0 Å². The number of hydrogen-bond acceptors (Lipinski definition) is 3. The van der Waals surface area contributed by atoms with Gasteiger partial charge in [0.1, 0.15) is 0 Å². The van der Waals surface area contributed by atoms with Gasteiger partial charge in [-0.05, 0) is 33.4 Å². The Morgan fingerprint density at radius 1 is 1.50 bits per heavy atom. The first kappa shape index (κ1) is 10.4. The van der Waals surface area contributed by atoms with Crippen LogP contribution >= 0.6 is 50.2 Å². The zero-order valence-corrected chi connectivity index (χ0v) is 10.8. The van der Waals surface area contributed by atoms with Crippen molar-refractivity contribution in [2.45, 2.75) is 0 Å². The number of thiophene rings is 2. The number of ketones is 1. The Balaban J connectivity index is 2.37. The maximum Gasteiger partial charge on any atom is 0.203 e. The quantitative estimate of drug-likeness (QED) is 0.749. The molecule has 72 valence electrons. The number of rotatable bonds is 2. The first-order valence-corrected chi connectivity index (χ1v) is 6.63. The summed E-state index contributed by atoms with van der Waals surface area (Å²) in [5.74, 6) is 0.0313. The maximum atomic E-state index is 11.8. The number of carbonyl (C=O) groups is 1. The van der Waals surface area contributed by atoms with Gasteiger partial charge in [0.05, 0.1) is 13.7 Å². The molecule has 0 unspecified atom stereocenters. The summed E-state index contributed by atoms with van der Waals surface area (Å²) in [5, 5.41) is 4.31. The molecule has 0 aliphatic heterocycles. The SMILES string of the molecule is O=C(c1ccsc1)c1cc(Cl)c(Br)s1. The Morgan fingerprint density at radius 3 is 2.79 bits per heavy atom. The van der Waals surface area contributed by atoms with E-state index in [1.165, 1.54) is 22.7 Å². The second kappa shape index (κ2) is 4.14. The first-order chi connectivity index (χ1) is 6.68.